The third-order valence-electron chi connectivity index (χ3n) is 4.62. The molecule has 4 rings (SSSR count). The van der Waals surface area contributed by atoms with Gasteiger partial charge in [-0.25, -0.2) is 5.43 Å². The zero-order valence-electron chi connectivity index (χ0n) is 16.0. The van der Waals surface area contributed by atoms with E-state index in [2.05, 4.69) is 20.7 Å². The number of carbonyl (C=O) groups excluding carboxylic acids is 1. The topological polar surface area (TPSA) is 80.0 Å². The molecular weight excluding hydrogens is 404 g/mol. The first-order chi connectivity index (χ1) is 14.0. The number of fused-ring (bicyclic) bond motifs is 1. The maximum absolute atomic E-state index is 12.4. The second kappa shape index (κ2) is 8.14. The number of carbonyl (C=O) groups is 1. The molecule has 0 bridgehead atoms. The van der Waals surface area contributed by atoms with Crippen molar-refractivity contribution in [2.45, 2.75) is 19.9 Å². The van der Waals surface area contributed by atoms with E-state index in [1.807, 2.05) is 71.6 Å². The van der Waals surface area contributed by atoms with Crippen LogP contribution < -0.4 is 10.2 Å². The van der Waals surface area contributed by atoms with E-state index in [0.717, 1.165) is 26.4 Å². The Hall–Kier alpha value is -3.04. The summed E-state index contributed by atoms with van der Waals surface area (Å²) in [5, 5.41) is 11.4. The van der Waals surface area contributed by atoms with Crippen LogP contribution in [0.5, 0.6) is 0 Å². The molecule has 0 atom stereocenters. The molecule has 9 heteroatoms. The van der Waals surface area contributed by atoms with Crippen LogP contribution in [0.15, 0.2) is 53.6 Å². The molecule has 0 fully saturated rings. The average Bonchev–Trinajstić information content (AvgIpc) is 3.25. The maximum atomic E-state index is 12.4. The summed E-state index contributed by atoms with van der Waals surface area (Å²) in [5.41, 5.74) is 5.85. The lowest BCUT2D eigenvalue weighted by atomic mass is 10.1. The number of rotatable bonds is 5. The van der Waals surface area contributed by atoms with Crippen LogP contribution >= 0.6 is 23.6 Å². The number of hydrogen-bond donors (Lipinski definition) is 2. The predicted molar refractivity (Wildman–Crippen MR) is 117 cm³/mol. The summed E-state index contributed by atoms with van der Waals surface area (Å²) in [6.07, 6.45) is 0.241. The number of aromatic amines is 1. The molecule has 0 unspecified atom stereocenters. The molecule has 7 nitrogen and oxygen atoms in total. The van der Waals surface area contributed by atoms with Gasteiger partial charge in [0.15, 0.2) is 10.6 Å². The first-order valence-corrected chi connectivity index (χ1v) is 10.3. The molecule has 148 valence electrons. The highest BCUT2D eigenvalue weighted by Gasteiger charge is 2.11. The van der Waals surface area contributed by atoms with Gasteiger partial charge in [-0.05, 0) is 31.3 Å². The van der Waals surface area contributed by atoms with E-state index in [0.29, 0.717) is 11.3 Å². The van der Waals surface area contributed by atoms with Crippen molar-refractivity contribution >= 4 is 39.7 Å². The fourth-order valence-corrected chi connectivity index (χ4v) is 4.22. The van der Waals surface area contributed by atoms with Gasteiger partial charge in [0.25, 0.3) is 0 Å². The number of aryl methyl sites for hydroxylation is 2. The molecule has 4 aromatic rings. The molecule has 2 aromatic carbocycles. The quantitative estimate of drug-likeness (QED) is 0.380. The SMILES string of the molecule is Cc1ccc(-c2n[nH]c(=S)n2CCC(=O)N/N=c2\sc3ccccc3n2C)cc1. The highest BCUT2D eigenvalue weighted by Crippen LogP contribution is 2.18. The number of nitrogens with one attached hydrogen (secondary N) is 2. The monoisotopic (exact) mass is 424 g/mol. The summed E-state index contributed by atoms with van der Waals surface area (Å²) in [6.45, 7) is 2.45. The predicted octanol–water partition coefficient (Wildman–Crippen LogP) is 3.49. The Morgan fingerprint density at radius 2 is 2.00 bits per heavy atom. The number of para-hydroxylation sites is 1. The molecule has 29 heavy (non-hydrogen) atoms. The van der Waals surface area contributed by atoms with Gasteiger partial charge in [-0.3, -0.25) is 14.5 Å². The smallest absolute Gasteiger partial charge is 0.241 e. The Bertz CT molecular complexity index is 1290. The Morgan fingerprint density at radius 3 is 2.76 bits per heavy atom. The van der Waals surface area contributed by atoms with Gasteiger partial charge in [-0.15, -0.1) is 5.10 Å². The van der Waals surface area contributed by atoms with Crippen LogP contribution in [-0.4, -0.2) is 25.2 Å². The first kappa shape index (κ1) is 19.3. The lowest BCUT2D eigenvalue weighted by Crippen LogP contribution is -2.24. The van der Waals surface area contributed by atoms with Gasteiger partial charge in [0.1, 0.15) is 0 Å². The van der Waals surface area contributed by atoms with E-state index >= 15 is 0 Å². The number of amides is 1. The molecule has 1 amide bonds. The Balaban J connectivity index is 1.48. The summed E-state index contributed by atoms with van der Waals surface area (Å²) in [7, 11) is 1.93. The summed E-state index contributed by atoms with van der Waals surface area (Å²) in [5.74, 6) is 0.538. The third kappa shape index (κ3) is 4.06. The number of H-pyrrole nitrogens is 1. The summed E-state index contributed by atoms with van der Waals surface area (Å²) >= 11 is 6.86. The Kier molecular flexibility index (Phi) is 5.41. The minimum Gasteiger partial charge on any atom is -0.318 e. The Labute approximate surface area is 176 Å². The zero-order valence-corrected chi connectivity index (χ0v) is 17.7. The third-order valence-corrected chi connectivity index (χ3v) is 6.05. The highest BCUT2D eigenvalue weighted by molar-refractivity contribution is 7.71. The van der Waals surface area contributed by atoms with E-state index in [-0.39, 0.29) is 12.3 Å². The molecule has 0 saturated heterocycles. The van der Waals surface area contributed by atoms with E-state index in [1.54, 1.807) is 0 Å². The second-order valence-electron chi connectivity index (χ2n) is 6.68. The van der Waals surface area contributed by atoms with Crippen LogP contribution in [-0.2, 0) is 18.4 Å². The highest BCUT2D eigenvalue weighted by atomic mass is 32.1. The van der Waals surface area contributed by atoms with Gasteiger partial charge >= 0.3 is 0 Å². The molecule has 0 saturated carbocycles. The molecule has 2 N–H and O–H groups in total. The maximum Gasteiger partial charge on any atom is 0.241 e. The number of benzene rings is 2. The number of aromatic nitrogens is 4. The molecule has 0 aliphatic heterocycles. The fourth-order valence-electron chi connectivity index (χ4n) is 3.02. The van der Waals surface area contributed by atoms with Crippen molar-refractivity contribution in [1.82, 2.24) is 24.8 Å². The van der Waals surface area contributed by atoms with E-state index in [4.69, 9.17) is 12.2 Å². The molecule has 0 radical (unpaired) electrons. The summed E-state index contributed by atoms with van der Waals surface area (Å²) < 4.78 is 5.40. The van der Waals surface area contributed by atoms with E-state index in [1.165, 1.54) is 16.9 Å². The molecular formula is C20H20N6OS2. The van der Waals surface area contributed by atoms with Crippen LogP contribution in [0.2, 0.25) is 0 Å². The molecule has 2 heterocycles. The van der Waals surface area contributed by atoms with Crippen molar-refractivity contribution in [1.29, 1.82) is 0 Å². The van der Waals surface area contributed by atoms with Crippen molar-refractivity contribution in [3.8, 4) is 11.4 Å². The number of thiazole rings is 1. The molecule has 0 aliphatic carbocycles. The largest absolute Gasteiger partial charge is 0.318 e. The normalized spacial score (nSPS) is 11.9. The van der Waals surface area contributed by atoms with Gasteiger partial charge < -0.3 is 4.57 Å². The van der Waals surface area contributed by atoms with Crippen LogP contribution in [0, 0.1) is 11.7 Å². The van der Waals surface area contributed by atoms with E-state index < -0.39 is 0 Å². The van der Waals surface area contributed by atoms with Gasteiger partial charge in [-0.2, -0.15) is 5.10 Å². The van der Waals surface area contributed by atoms with Crippen LogP contribution in [0.4, 0.5) is 0 Å². The average molecular weight is 425 g/mol. The summed E-state index contributed by atoms with van der Waals surface area (Å²) in [4.78, 5) is 13.1. The lowest BCUT2D eigenvalue weighted by Gasteiger charge is -2.06. The fraction of sp³-hybridized carbons (Fsp3) is 0.200. The van der Waals surface area contributed by atoms with Gasteiger partial charge in [0, 0.05) is 25.6 Å². The van der Waals surface area contributed by atoms with Gasteiger partial charge in [0.05, 0.1) is 10.2 Å². The summed E-state index contributed by atoms with van der Waals surface area (Å²) in [6, 6.07) is 16.1. The number of hydrogen-bond acceptors (Lipinski definition) is 5. The molecule has 0 aliphatic rings. The minimum atomic E-state index is -0.180. The van der Waals surface area contributed by atoms with Gasteiger partial charge in [0.2, 0.25) is 10.7 Å². The molecule has 0 spiro atoms. The van der Waals surface area contributed by atoms with Crippen molar-refractivity contribution in [2.75, 3.05) is 0 Å². The Morgan fingerprint density at radius 1 is 1.24 bits per heavy atom. The zero-order chi connectivity index (χ0) is 20.4. The van der Waals surface area contributed by atoms with Crippen LogP contribution in [0.25, 0.3) is 21.6 Å². The van der Waals surface area contributed by atoms with Crippen molar-refractivity contribution < 1.29 is 4.79 Å². The van der Waals surface area contributed by atoms with Crippen LogP contribution in [0.3, 0.4) is 0 Å². The van der Waals surface area contributed by atoms with Gasteiger partial charge in [-0.1, -0.05) is 53.3 Å². The standard InChI is InChI=1S/C20H20N6OS2/c1-13-7-9-14(10-8-13)18-22-23-19(28)26(18)12-11-17(27)21-24-20-25(2)15-5-3-4-6-16(15)29-20/h3-10H,11-12H2,1-2H3,(H,21,27)(H,23,28)/b24-20-. The second-order valence-corrected chi connectivity index (χ2v) is 8.07. The van der Waals surface area contributed by atoms with Crippen molar-refractivity contribution in [3.05, 3.63) is 63.7 Å². The molecule has 2 aromatic heterocycles. The first-order valence-electron chi connectivity index (χ1n) is 9.12. The van der Waals surface area contributed by atoms with Crippen molar-refractivity contribution in [3.63, 3.8) is 0 Å². The lowest BCUT2D eigenvalue weighted by molar-refractivity contribution is -0.121. The number of nitrogens with zero attached hydrogens (tertiary/aromatic N) is 4. The van der Waals surface area contributed by atoms with Crippen molar-refractivity contribution in [2.24, 2.45) is 12.1 Å². The van der Waals surface area contributed by atoms with E-state index in [9.17, 15) is 4.79 Å². The van der Waals surface area contributed by atoms with Crippen LogP contribution in [0.1, 0.15) is 12.0 Å². The minimum absolute atomic E-state index is 0.180.